The fraction of sp³-hybridized carbons (Fsp3) is 0.211. The molecule has 0 amide bonds. The van der Waals surface area contributed by atoms with Crippen LogP contribution in [-0.4, -0.2) is 31.0 Å². The Labute approximate surface area is 135 Å². The molecule has 0 saturated heterocycles. The summed E-state index contributed by atoms with van der Waals surface area (Å²) in [6.45, 7) is 1.09. The molecule has 2 N–H and O–H groups in total. The van der Waals surface area contributed by atoms with E-state index < -0.39 is 0 Å². The van der Waals surface area contributed by atoms with Crippen LogP contribution >= 0.6 is 0 Å². The molecule has 2 aromatic carbocycles. The number of H-pyrrole nitrogens is 1. The number of para-hydroxylation sites is 1. The number of ketones is 1. The van der Waals surface area contributed by atoms with Gasteiger partial charge in [0.2, 0.25) is 0 Å². The number of fused-ring (bicyclic) bond motifs is 1. The SMILES string of the molecule is COc1cccc(CCNCC(=O)c2c[nH]c3ccccc23)c1. The molecule has 3 aromatic rings. The first-order chi connectivity index (χ1) is 11.3. The quantitative estimate of drug-likeness (QED) is 0.520. The fourth-order valence-corrected chi connectivity index (χ4v) is 2.66. The zero-order valence-electron chi connectivity index (χ0n) is 13.1. The summed E-state index contributed by atoms with van der Waals surface area (Å²) in [5.74, 6) is 0.963. The summed E-state index contributed by atoms with van der Waals surface area (Å²) in [7, 11) is 1.66. The van der Waals surface area contributed by atoms with Crippen molar-refractivity contribution in [2.24, 2.45) is 0 Å². The van der Waals surface area contributed by atoms with Crippen LogP contribution < -0.4 is 10.1 Å². The monoisotopic (exact) mass is 308 g/mol. The molecule has 0 aliphatic carbocycles. The Kier molecular flexibility index (Phi) is 4.74. The van der Waals surface area contributed by atoms with Crippen LogP contribution in [0.1, 0.15) is 15.9 Å². The topological polar surface area (TPSA) is 54.1 Å². The molecule has 0 saturated carbocycles. The van der Waals surface area contributed by atoms with Crippen molar-refractivity contribution in [2.45, 2.75) is 6.42 Å². The summed E-state index contributed by atoms with van der Waals surface area (Å²) in [4.78, 5) is 15.5. The van der Waals surface area contributed by atoms with Gasteiger partial charge in [0.15, 0.2) is 5.78 Å². The molecule has 4 nitrogen and oxygen atoms in total. The molecule has 3 rings (SSSR count). The van der Waals surface area contributed by atoms with Gasteiger partial charge < -0.3 is 15.0 Å². The smallest absolute Gasteiger partial charge is 0.178 e. The molecule has 1 heterocycles. The van der Waals surface area contributed by atoms with Gasteiger partial charge in [-0.1, -0.05) is 30.3 Å². The highest BCUT2D eigenvalue weighted by molar-refractivity contribution is 6.08. The van der Waals surface area contributed by atoms with Crippen LogP contribution in [0.25, 0.3) is 10.9 Å². The van der Waals surface area contributed by atoms with E-state index in [1.54, 1.807) is 13.3 Å². The van der Waals surface area contributed by atoms with Crippen LogP contribution in [0.15, 0.2) is 54.7 Å². The molecule has 0 aliphatic heterocycles. The van der Waals surface area contributed by atoms with Crippen molar-refractivity contribution in [3.05, 3.63) is 65.9 Å². The van der Waals surface area contributed by atoms with Crippen molar-refractivity contribution in [1.82, 2.24) is 10.3 Å². The number of benzene rings is 2. The summed E-state index contributed by atoms with van der Waals surface area (Å²) >= 11 is 0. The molecule has 0 atom stereocenters. The fourth-order valence-electron chi connectivity index (χ4n) is 2.66. The molecular formula is C19H20N2O2. The number of hydrogen-bond acceptors (Lipinski definition) is 3. The van der Waals surface area contributed by atoms with Crippen LogP contribution in [0.4, 0.5) is 0 Å². The van der Waals surface area contributed by atoms with Crippen LogP contribution in [0.3, 0.4) is 0 Å². The second-order valence-electron chi connectivity index (χ2n) is 5.45. The first-order valence-corrected chi connectivity index (χ1v) is 7.71. The number of aromatic nitrogens is 1. The maximum absolute atomic E-state index is 12.3. The van der Waals surface area contributed by atoms with Crippen molar-refractivity contribution in [1.29, 1.82) is 0 Å². The Morgan fingerprint density at radius 3 is 2.91 bits per heavy atom. The summed E-state index contributed by atoms with van der Waals surface area (Å²) in [6, 6.07) is 15.8. The van der Waals surface area contributed by atoms with E-state index in [1.165, 1.54) is 5.56 Å². The molecule has 0 radical (unpaired) electrons. The molecule has 1 aromatic heterocycles. The van der Waals surface area contributed by atoms with Crippen molar-refractivity contribution >= 4 is 16.7 Å². The number of aromatic amines is 1. The normalized spacial score (nSPS) is 10.8. The Bertz CT molecular complexity index is 808. The minimum atomic E-state index is 0.105. The highest BCUT2D eigenvalue weighted by Gasteiger charge is 2.10. The molecular weight excluding hydrogens is 288 g/mol. The van der Waals surface area contributed by atoms with Crippen molar-refractivity contribution in [3.8, 4) is 5.75 Å². The number of ether oxygens (including phenoxy) is 1. The van der Waals surface area contributed by atoms with Gasteiger partial charge in [-0.15, -0.1) is 0 Å². The molecule has 0 bridgehead atoms. The van der Waals surface area contributed by atoms with Crippen molar-refractivity contribution < 1.29 is 9.53 Å². The average Bonchev–Trinajstić information content (AvgIpc) is 3.03. The third-order valence-electron chi connectivity index (χ3n) is 3.90. The van der Waals surface area contributed by atoms with Gasteiger partial charge in [0.25, 0.3) is 0 Å². The van der Waals surface area contributed by atoms with Gasteiger partial charge in [-0.3, -0.25) is 4.79 Å². The van der Waals surface area contributed by atoms with Gasteiger partial charge >= 0.3 is 0 Å². The van der Waals surface area contributed by atoms with Crippen LogP contribution in [0.5, 0.6) is 5.75 Å². The number of carbonyl (C=O) groups excluding carboxylic acids is 1. The lowest BCUT2D eigenvalue weighted by Crippen LogP contribution is -2.25. The Balaban J connectivity index is 1.53. The average molecular weight is 308 g/mol. The molecule has 0 unspecified atom stereocenters. The van der Waals surface area contributed by atoms with Crippen LogP contribution in [0.2, 0.25) is 0 Å². The van der Waals surface area contributed by atoms with Crippen LogP contribution in [0, 0.1) is 0 Å². The number of nitrogens with one attached hydrogen (secondary N) is 2. The second-order valence-corrected chi connectivity index (χ2v) is 5.45. The van der Waals surface area contributed by atoms with E-state index in [2.05, 4.69) is 16.4 Å². The van der Waals surface area contributed by atoms with Crippen molar-refractivity contribution in [3.63, 3.8) is 0 Å². The third-order valence-corrected chi connectivity index (χ3v) is 3.90. The molecule has 0 spiro atoms. The van der Waals surface area contributed by atoms with Gasteiger partial charge in [0.1, 0.15) is 5.75 Å². The van der Waals surface area contributed by atoms with E-state index in [4.69, 9.17) is 4.74 Å². The van der Waals surface area contributed by atoms with Crippen LogP contribution in [-0.2, 0) is 6.42 Å². The molecule has 4 heteroatoms. The van der Waals surface area contributed by atoms with Gasteiger partial charge in [-0.2, -0.15) is 0 Å². The lowest BCUT2D eigenvalue weighted by Gasteiger charge is -2.06. The van der Waals surface area contributed by atoms with E-state index in [0.717, 1.165) is 35.2 Å². The Morgan fingerprint density at radius 2 is 2.04 bits per heavy atom. The molecule has 0 aliphatic rings. The third kappa shape index (κ3) is 3.60. The van der Waals surface area contributed by atoms with E-state index in [9.17, 15) is 4.79 Å². The number of rotatable bonds is 7. The predicted octanol–water partition coefficient (Wildman–Crippen LogP) is 3.19. The molecule has 0 fully saturated rings. The first-order valence-electron chi connectivity index (χ1n) is 7.71. The minimum absolute atomic E-state index is 0.105. The number of Topliss-reactive ketones (excluding diaryl/α,β-unsaturated/α-hetero) is 1. The highest BCUT2D eigenvalue weighted by Crippen LogP contribution is 2.17. The van der Waals surface area contributed by atoms with E-state index in [1.807, 2.05) is 42.5 Å². The van der Waals surface area contributed by atoms with Gasteiger partial charge in [-0.25, -0.2) is 0 Å². The summed E-state index contributed by atoms with van der Waals surface area (Å²) in [6.07, 6.45) is 2.65. The lowest BCUT2D eigenvalue weighted by molar-refractivity contribution is 0.0993. The standard InChI is InChI=1S/C19H20N2O2/c1-23-15-6-4-5-14(11-15)9-10-20-13-19(22)17-12-21-18-8-3-2-7-16(17)18/h2-8,11-12,20-21H,9-10,13H2,1H3. The maximum atomic E-state index is 12.3. The second kappa shape index (κ2) is 7.11. The number of methoxy groups -OCH3 is 1. The number of carbonyl (C=O) groups is 1. The van der Waals surface area contributed by atoms with Gasteiger partial charge in [-0.05, 0) is 36.7 Å². The Hall–Kier alpha value is -2.59. The lowest BCUT2D eigenvalue weighted by atomic mass is 10.1. The largest absolute Gasteiger partial charge is 0.497 e. The van der Waals surface area contributed by atoms with E-state index in [-0.39, 0.29) is 5.78 Å². The zero-order chi connectivity index (χ0) is 16.1. The summed E-state index contributed by atoms with van der Waals surface area (Å²) < 4.78 is 5.21. The van der Waals surface area contributed by atoms with E-state index in [0.29, 0.717) is 6.54 Å². The summed E-state index contributed by atoms with van der Waals surface area (Å²) in [5, 5.41) is 4.20. The minimum Gasteiger partial charge on any atom is -0.497 e. The first kappa shape index (κ1) is 15.3. The predicted molar refractivity (Wildman–Crippen MR) is 92.2 cm³/mol. The molecule has 23 heavy (non-hydrogen) atoms. The maximum Gasteiger partial charge on any atom is 0.178 e. The van der Waals surface area contributed by atoms with Crippen molar-refractivity contribution in [2.75, 3.05) is 20.2 Å². The highest BCUT2D eigenvalue weighted by atomic mass is 16.5. The van der Waals surface area contributed by atoms with Gasteiger partial charge in [0.05, 0.1) is 13.7 Å². The zero-order valence-corrected chi connectivity index (χ0v) is 13.1. The van der Waals surface area contributed by atoms with E-state index >= 15 is 0 Å². The Morgan fingerprint density at radius 1 is 1.17 bits per heavy atom. The molecule has 118 valence electrons. The number of hydrogen-bond donors (Lipinski definition) is 2. The summed E-state index contributed by atoms with van der Waals surface area (Å²) in [5.41, 5.74) is 2.93. The van der Waals surface area contributed by atoms with Gasteiger partial charge in [0, 0.05) is 22.7 Å².